The lowest BCUT2D eigenvalue weighted by molar-refractivity contribution is 0.195. The SMILES string of the molecule is CN1c2ccc(-c3ccccc3)cc2B2c3cccc4c3N(c3cccc1c32)C1(C)CCCCC41C. The summed E-state index contributed by atoms with van der Waals surface area (Å²) in [6.07, 6.45) is 5.15. The Hall–Kier alpha value is -3.46. The Bertz CT molecular complexity index is 1560. The monoisotopic (exact) mass is 466 g/mol. The van der Waals surface area contributed by atoms with Gasteiger partial charge >= 0.3 is 0 Å². The van der Waals surface area contributed by atoms with Crippen LogP contribution in [0.15, 0.2) is 84.9 Å². The van der Waals surface area contributed by atoms with Crippen LogP contribution in [-0.2, 0) is 5.41 Å². The summed E-state index contributed by atoms with van der Waals surface area (Å²) >= 11 is 0. The van der Waals surface area contributed by atoms with Crippen LogP contribution in [0.4, 0.5) is 22.7 Å². The number of benzene rings is 4. The summed E-state index contributed by atoms with van der Waals surface area (Å²) in [6.45, 7) is 5.35. The first-order valence-corrected chi connectivity index (χ1v) is 13.5. The van der Waals surface area contributed by atoms with Crippen molar-refractivity contribution in [3.05, 3.63) is 90.5 Å². The van der Waals surface area contributed by atoms with Crippen molar-refractivity contribution in [3.63, 3.8) is 0 Å². The fourth-order valence-corrected chi connectivity index (χ4v) is 8.23. The molecule has 36 heavy (non-hydrogen) atoms. The standard InChI is InChI=1S/C33H31BN2/c1-32-19-7-8-20-33(32,2)36-29-16-10-15-28-30(29)34(25-14-9-13-24(32)31(25)36)26-21-23(17-18-27(26)35(28)3)22-11-5-4-6-12-22/h4-6,9-18,21H,7-8,19-20H2,1-3H3. The molecule has 0 amide bonds. The van der Waals surface area contributed by atoms with Gasteiger partial charge in [-0.05, 0) is 71.0 Å². The van der Waals surface area contributed by atoms with E-state index in [0.717, 1.165) is 0 Å². The van der Waals surface area contributed by atoms with Crippen LogP contribution in [0.25, 0.3) is 11.1 Å². The minimum Gasteiger partial charge on any atom is -0.345 e. The van der Waals surface area contributed by atoms with Crippen LogP contribution >= 0.6 is 0 Å². The minimum absolute atomic E-state index is 0.106. The lowest BCUT2D eigenvalue weighted by atomic mass is 9.33. The fourth-order valence-electron chi connectivity index (χ4n) is 8.23. The average Bonchev–Trinajstić information content (AvgIpc) is 3.13. The van der Waals surface area contributed by atoms with E-state index in [1.165, 1.54) is 75.9 Å². The molecule has 3 heteroatoms. The van der Waals surface area contributed by atoms with Gasteiger partial charge < -0.3 is 9.80 Å². The Balaban J connectivity index is 1.45. The molecule has 3 heterocycles. The maximum Gasteiger partial charge on any atom is 0.252 e. The van der Waals surface area contributed by atoms with Gasteiger partial charge in [0.05, 0.1) is 5.54 Å². The largest absolute Gasteiger partial charge is 0.345 e. The number of nitrogens with zero attached hydrogens (tertiary/aromatic N) is 2. The van der Waals surface area contributed by atoms with Crippen LogP contribution in [0.3, 0.4) is 0 Å². The van der Waals surface area contributed by atoms with Gasteiger partial charge in [-0.15, -0.1) is 0 Å². The highest BCUT2D eigenvalue weighted by molar-refractivity contribution is 7.00. The Morgan fingerprint density at radius 3 is 2.33 bits per heavy atom. The summed E-state index contributed by atoms with van der Waals surface area (Å²) in [5.74, 6) is 0. The van der Waals surface area contributed by atoms with Gasteiger partial charge in [-0.3, -0.25) is 0 Å². The molecule has 0 N–H and O–H groups in total. The van der Waals surface area contributed by atoms with Gasteiger partial charge in [0.1, 0.15) is 0 Å². The van der Waals surface area contributed by atoms with E-state index in [-0.39, 0.29) is 17.7 Å². The van der Waals surface area contributed by atoms with Crippen molar-refractivity contribution in [2.24, 2.45) is 0 Å². The summed E-state index contributed by atoms with van der Waals surface area (Å²) in [5.41, 5.74) is 14.4. The Morgan fingerprint density at radius 1 is 0.694 bits per heavy atom. The van der Waals surface area contributed by atoms with Crippen LogP contribution in [0.2, 0.25) is 0 Å². The molecule has 0 aromatic heterocycles. The summed E-state index contributed by atoms with van der Waals surface area (Å²) in [7, 11) is 2.25. The van der Waals surface area contributed by atoms with E-state index in [9.17, 15) is 0 Å². The van der Waals surface area contributed by atoms with Crippen molar-refractivity contribution in [2.45, 2.75) is 50.5 Å². The van der Waals surface area contributed by atoms with E-state index in [1.54, 1.807) is 5.56 Å². The molecule has 1 aliphatic carbocycles. The van der Waals surface area contributed by atoms with Gasteiger partial charge in [-0.25, -0.2) is 0 Å². The van der Waals surface area contributed by atoms with E-state index < -0.39 is 0 Å². The molecule has 1 fully saturated rings. The fraction of sp³-hybridized carbons (Fsp3) is 0.273. The lowest BCUT2D eigenvalue weighted by Crippen LogP contribution is -2.64. The molecule has 176 valence electrons. The Labute approximate surface area is 214 Å². The third-order valence-corrected chi connectivity index (χ3v) is 10.2. The van der Waals surface area contributed by atoms with Crippen LogP contribution in [0.5, 0.6) is 0 Å². The first-order valence-electron chi connectivity index (χ1n) is 13.5. The molecule has 0 spiro atoms. The van der Waals surface area contributed by atoms with E-state index in [4.69, 9.17) is 0 Å². The molecular formula is C33H31BN2. The summed E-state index contributed by atoms with van der Waals surface area (Å²) in [5, 5.41) is 0. The molecule has 2 atom stereocenters. The number of hydrogen-bond donors (Lipinski definition) is 0. The molecule has 1 saturated carbocycles. The molecule has 2 unspecified atom stereocenters. The van der Waals surface area contributed by atoms with Gasteiger partial charge in [0.25, 0.3) is 6.71 Å². The minimum atomic E-state index is 0.106. The van der Waals surface area contributed by atoms with Gasteiger partial charge in [0, 0.05) is 35.2 Å². The second kappa shape index (κ2) is 6.85. The zero-order chi connectivity index (χ0) is 24.2. The molecule has 3 aliphatic heterocycles. The van der Waals surface area contributed by atoms with Gasteiger partial charge in [0.15, 0.2) is 0 Å². The zero-order valence-corrected chi connectivity index (χ0v) is 21.4. The third kappa shape index (κ3) is 2.31. The molecule has 4 aliphatic rings. The summed E-state index contributed by atoms with van der Waals surface area (Å²) in [6, 6.07) is 32.1. The van der Waals surface area contributed by atoms with E-state index >= 15 is 0 Å². The van der Waals surface area contributed by atoms with E-state index in [0.29, 0.717) is 0 Å². The second-order valence-corrected chi connectivity index (χ2v) is 11.7. The molecular weight excluding hydrogens is 435 g/mol. The number of anilines is 4. The number of rotatable bonds is 1. The van der Waals surface area contributed by atoms with E-state index in [2.05, 4.69) is 116 Å². The van der Waals surface area contributed by atoms with Crippen molar-refractivity contribution >= 4 is 45.9 Å². The number of fused-ring (bicyclic) bond motifs is 7. The maximum atomic E-state index is 2.78. The van der Waals surface area contributed by atoms with Gasteiger partial charge in [-0.2, -0.15) is 0 Å². The Kier molecular flexibility index (Phi) is 3.94. The Morgan fingerprint density at radius 2 is 1.47 bits per heavy atom. The topological polar surface area (TPSA) is 6.48 Å². The normalized spacial score (nSPS) is 24.7. The molecule has 8 rings (SSSR count). The smallest absolute Gasteiger partial charge is 0.252 e. The predicted molar refractivity (Wildman–Crippen MR) is 154 cm³/mol. The average molecular weight is 466 g/mol. The predicted octanol–water partition coefficient (Wildman–Crippen LogP) is 6.01. The van der Waals surface area contributed by atoms with Crippen molar-refractivity contribution in [1.82, 2.24) is 0 Å². The zero-order valence-electron chi connectivity index (χ0n) is 21.4. The quantitative estimate of drug-likeness (QED) is 0.317. The first-order chi connectivity index (χ1) is 17.5. The van der Waals surface area contributed by atoms with Gasteiger partial charge in [-0.1, -0.05) is 86.5 Å². The lowest BCUT2D eigenvalue weighted by Gasteiger charge is -2.52. The molecule has 4 aromatic carbocycles. The first kappa shape index (κ1) is 20.7. The highest BCUT2D eigenvalue weighted by Gasteiger charge is 2.60. The van der Waals surface area contributed by atoms with Crippen molar-refractivity contribution < 1.29 is 0 Å². The summed E-state index contributed by atoms with van der Waals surface area (Å²) in [4.78, 5) is 5.21. The van der Waals surface area contributed by atoms with Crippen molar-refractivity contribution in [2.75, 3.05) is 16.8 Å². The third-order valence-electron chi connectivity index (χ3n) is 10.2. The molecule has 0 bridgehead atoms. The van der Waals surface area contributed by atoms with Crippen LogP contribution < -0.4 is 26.2 Å². The van der Waals surface area contributed by atoms with Crippen molar-refractivity contribution in [3.8, 4) is 11.1 Å². The number of para-hydroxylation sites is 1. The number of hydrogen-bond acceptors (Lipinski definition) is 2. The molecule has 4 aromatic rings. The second-order valence-electron chi connectivity index (χ2n) is 11.7. The highest BCUT2D eigenvalue weighted by Crippen LogP contribution is 2.61. The van der Waals surface area contributed by atoms with Crippen LogP contribution in [0.1, 0.15) is 45.1 Å². The molecule has 2 nitrogen and oxygen atoms in total. The summed E-state index contributed by atoms with van der Waals surface area (Å²) < 4.78 is 0. The van der Waals surface area contributed by atoms with Crippen LogP contribution in [-0.4, -0.2) is 19.3 Å². The molecule has 0 saturated heterocycles. The van der Waals surface area contributed by atoms with Crippen molar-refractivity contribution in [1.29, 1.82) is 0 Å². The maximum absolute atomic E-state index is 2.78. The van der Waals surface area contributed by atoms with Crippen LogP contribution in [0, 0.1) is 0 Å². The van der Waals surface area contributed by atoms with E-state index in [1.807, 2.05) is 0 Å². The highest BCUT2D eigenvalue weighted by atomic mass is 15.3. The molecule has 0 radical (unpaired) electrons. The van der Waals surface area contributed by atoms with Gasteiger partial charge in [0.2, 0.25) is 0 Å².